The maximum Gasteiger partial charge on any atom is 0.262 e. The number of para-hydroxylation sites is 1. The van der Waals surface area contributed by atoms with Crippen LogP contribution in [0.1, 0.15) is 10.4 Å². The first-order valence-electron chi connectivity index (χ1n) is 5.41. The number of benzene rings is 2. The molecule has 2 aromatic carbocycles. The van der Waals surface area contributed by atoms with E-state index in [0.29, 0.717) is 5.69 Å². The quantitative estimate of drug-likeness (QED) is 0.902. The summed E-state index contributed by atoms with van der Waals surface area (Å²) in [5, 5.41) is 2.61. The summed E-state index contributed by atoms with van der Waals surface area (Å²) >= 11 is 0. The highest BCUT2D eigenvalue weighted by Crippen LogP contribution is 2.22. The van der Waals surface area contributed by atoms with Crippen molar-refractivity contribution in [1.29, 1.82) is 0 Å². The van der Waals surface area contributed by atoms with E-state index in [1.807, 2.05) is 6.07 Å². The smallest absolute Gasteiger partial charge is 0.262 e. The Morgan fingerprint density at radius 2 is 1.83 bits per heavy atom. The molecule has 4 heteroatoms. The molecule has 92 valence electrons. The molecular formula is C14H12FNO2. The zero-order valence-electron chi connectivity index (χ0n) is 9.81. The van der Waals surface area contributed by atoms with Crippen LogP contribution in [0.15, 0.2) is 48.5 Å². The average molecular weight is 245 g/mol. The minimum absolute atomic E-state index is 0.0937. The molecule has 0 spiro atoms. The highest BCUT2D eigenvalue weighted by atomic mass is 19.1. The van der Waals surface area contributed by atoms with Crippen LogP contribution in [0.5, 0.6) is 5.75 Å². The Balaban J connectivity index is 2.29. The Bertz CT molecular complexity index is 555. The van der Waals surface area contributed by atoms with Gasteiger partial charge in [0.25, 0.3) is 5.91 Å². The molecule has 3 nitrogen and oxygen atoms in total. The Labute approximate surface area is 104 Å². The molecule has 0 saturated carbocycles. The second kappa shape index (κ2) is 5.31. The summed E-state index contributed by atoms with van der Waals surface area (Å²) in [5.41, 5.74) is 0.511. The van der Waals surface area contributed by atoms with E-state index in [2.05, 4.69) is 5.32 Å². The molecule has 1 N–H and O–H groups in total. The highest BCUT2D eigenvalue weighted by molar-refractivity contribution is 6.06. The molecule has 0 fully saturated rings. The molecule has 0 aliphatic carbocycles. The summed E-state index contributed by atoms with van der Waals surface area (Å²) < 4.78 is 18.6. The van der Waals surface area contributed by atoms with Gasteiger partial charge < -0.3 is 10.1 Å². The van der Waals surface area contributed by atoms with Crippen LogP contribution in [0.3, 0.4) is 0 Å². The first-order valence-corrected chi connectivity index (χ1v) is 5.41. The molecule has 2 aromatic rings. The first-order chi connectivity index (χ1) is 8.72. The molecule has 0 atom stereocenters. The number of carbonyl (C=O) groups excluding carboxylic acids is 1. The van der Waals surface area contributed by atoms with E-state index in [1.165, 1.54) is 19.2 Å². The van der Waals surface area contributed by atoms with Crippen molar-refractivity contribution < 1.29 is 13.9 Å². The van der Waals surface area contributed by atoms with Crippen molar-refractivity contribution in [3.63, 3.8) is 0 Å². The molecule has 0 unspecified atom stereocenters. The number of amides is 1. The number of carbonyl (C=O) groups is 1. The van der Waals surface area contributed by atoms with Gasteiger partial charge in [-0.1, -0.05) is 24.3 Å². The van der Waals surface area contributed by atoms with Crippen LogP contribution < -0.4 is 10.1 Å². The van der Waals surface area contributed by atoms with Gasteiger partial charge in [0.1, 0.15) is 17.1 Å². The Kier molecular flexibility index (Phi) is 3.57. The molecule has 18 heavy (non-hydrogen) atoms. The van der Waals surface area contributed by atoms with Gasteiger partial charge in [0, 0.05) is 5.69 Å². The van der Waals surface area contributed by atoms with E-state index in [1.54, 1.807) is 30.3 Å². The summed E-state index contributed by atoms with van der Waals surface area (Å²) in [6.45, 7) is 0. The summed E-state index contributed by atoms with van der Waals surface area (Å²) in [5.74, 6) is -0.928. The molecule has 0 aromatic heterocycles. The van der Waals surface area contributed by atoms with Gasteiger partial charge in [-0.2, -0.15) is 0 Å². The third kappa shape index (κ3) is 2.48. The summed E-state index contributed by atoms with van der Waals surface area (Å²) in [7, 11) is 1.40. The Morgan fingerprint density at radius 3 is 2.50 bits per heavy atom. The van der Waals surface area contributed by atoms with Gasteiger partial charge in [-0.3, -0.25) is 4.79 Å². The second-order valence-corrected chi connectivity index (χ2v) is 3.64. The predicted molar refractivity (Wildman–Crippen MR) is 67.3 cm³/mol. The fourth-order valence-electron chi connectivity index (χ4n) is 1.61. The van der Waals surface area contributed by atoms with E-state index in [9.17, 15) is 9.18 Å². The third-order valence-corrected chi connectivity index (χ3v) is 2.45. The van der Waals surface area contributed by atoms with Gasteiger partial charge in [0.2, 0.25) is 0 Å². The number of methoxy groups -OCH3 is 1. The van der Waals surface area contributed by atoms with E-state index < -0.39 is 11.7 Å². The lowest BCUT2D eigenvalue weighted by Gasteiger charge is -2.09. The summed E-state index contributed by atoms with van der Waals surface area (Å²) in [6, 6.07) is 13.1. The number of rotatable bonds is 3. The maximum atomic E-state index is 13.6. The number of hydrogen-bond donors (Lipinski definition) is 1. The van der Waals surface area contributed by atoms with Crippen LogP contribution in [0.4, 0.5) is 10.1 Å². The largest absolute Gasteiger partial charge is 0.496 e. The van der Waals surface area contributed by atoms with Gasteiger partial charge in [-0.25, -0.2) is 4.39 Å². The van der Waals surface area contributed by atoms with Crippen molar-refractivity contribution in [2.75, 3.05) is 12.4 Å². The topological polar surface area (TPSA) is 38.3 Å². The number of halogens is 1. The van der Waals surface area contributed by atoms with Crippen molar-refractivity contribution in [2.24, 2.45) is 0 Å². The van der Waals surface area contributed by atoms with E-state index >= 15 is 0 Å². The standard InChI is InChI=1S/C14H12FNO2/c1-18-12-9-5-8-11(15)13(12)14(17)16-10-6-3-2-4-7-10/h2-9H,1H3,(H,16,17). The predicted octanol–water partition coefficient (Wildman–Crippen LogP) is 3.09. The SMILES string of the molecule is COc1cccc(F)c1C(=O)Nc1ccccc1. The lowest BCUT2D eigenvalue weighted by Crippen LogP contribution is -2.15. The molecule has 0 bridgehead atoms. The van der Waals surface area contributed by atoms with E-state index in [4.69, 9.17) is 4.74 Å². The second-order valence-electron chi connectivity index (χ2n) is 3.64. The maximum absolute atomic E-state index is 13.6. The van der Waals surface area contributed by atoms with Crippen molar-refractivity contribution in [1.82, 2.24) is 0 Å². The normalized spacial score (nSPS) is 9.89. The van der Waals surface area contributed by atoms with Crippen molar-refractivity contribution in [3.05, 3.63) is 59.9 Å². The minimum atomic E-state index is -0.609. The Hall–Kier alpha value is -2.36. The van der Waals surface area contributed by atoms with E-state index in [-0.39, 0.29) is 11.3 Å². The number of anilines is 1. The van der Waals surface area contributed by atoms with Crippen molar-refractivity contribution in [3.8, 4) is 5.75 Å². The number of nitrogens with one attached hydrogen (secondary N) is 1. The minimum Gasteiger partial charge on any atom is -0.496 e. The monoisotopic (exact) mass is 245 g/mol. The molecule has 0 saturated heterocycles. The average Bonchev–Trinajstić information content (AvgIpc) is 2.39. The van der Waals surface area contributed by atoms with Crippen molar-refractivity contribution >= 4 is 11.6 Å². The first kappa shape index (κ1) is 12.1. The molecule has 0 radical (unpaired) electrons. The van der Waals surface area contributed by atoms with E-state index in [0.717, 1.165) is 0 Å². The van der Waals surface area contributed by atoms with Gasteiger partial charge in [-0.15, -0.1) is 0 Å². The van der Waals surface area contributed by atoms with Crippen LogP contribution >= 0.6 is 0 Å². The van der Waals surface area contributed by atoms with Crippen molar-refractivity contribution in [2.45, 2.75) is 0 Å². The van der Waals surface area contributed by atoms with Gasteiger partial charge in [0.15, 0.2) is 0 Å². The lowest BCUT2D eigenvalue weighted by molar-refractivity contribution is 0.102. The Morgan fingerprint density at radius 1 is 1.11 bits per heavy atom. The van der Waals surface area contributed by atoms with Crippen LogP contribution in [0.25, 0.3) is 0 Å². The van der Waals surface area contributed by atoms with Gasteiger partial charge in [-0.05, 0) is 24.3 Å². The zero-order valence-corrected chi connectivity index (χ0v) is 9.81. The highest BCUT2D eigenvalue weighted by Gasteiger charge is 2.17. The lowest BCUT2D eigenvalue weighted by atomic mass is 10.1. The fraction of sp³-hybridized carbons (Fsp3) is 0.0714. The van der Waals surface area contributed by atoms with Gasteiger partial charge in [0.05, 0.1) is 7.11 Å². The molecule has 0 aliphatic rings. The van der Waals surface area contributed by atoms with Crippen LogP contribution in [-0.2, 0) is 0 Å². The summed E-state index contributed by atoms with van der Waals surface area (Å²) in [4.78, 5) is 12.0. The molecule has 2 rings (SSSR count). The molecular weight excluding hydrogens is 233 g/mol. The van der Waals surface area contributed by atoms with Crippen LogP contribution in [-0.4, -0.2) is 13.0 Å². The molecule has 0 aliphatic heterocycles. The van der Waals surface area contributed by atoms with Crippen LogP contribution in [0.2, 0.25) is 0 Å². The van der Waals surface area contributed by atoms with Gasteiger partial charge >= 0.3 is 0 Å². The third-order valence-electron chi connectivity index (χ3n) is 2.45. The van der Waals surface area contributed by atoms with Crippen LogP contribution in [0, 0.1) is 5.82 Å². The number of hydrogen-bond acceptors (Lipinski definition) is 2. The molecule has 0 heterocycles. The summed E-state index contributed by atoms with van der Waals surface area (Å²) in [6.07, 6.45) is 0. The zero-order chi connectivity index (χ0) is 13.0. The number of ether oxygens (including phenoxy) is 1. The molecule has 1 amide bonds. The fourth-order valence-corrected chi connectivity index (χ4v) is 1.61.